The summed E-state index contributed by atoms with van der Waals surface area (Å²) in [5.74, 6) is 1.84. The van der Waals surface area contributed by atoms with E-state index in [2.05, 4.69) is 57.6 Å². The van der Waals surface area contributed by atoms with Crippen LogP contribution in [0.4, 0.5) is 0 Å². The second-order valence-electron chi connectivity index (χ2n) is 7.42. The number of aryl methyl sites for hydroxylation is 1. The normalized spacial score (nSPS) is 15.9. The van der Waals surface area contributed by atoms with E-state index in [1.807, 2.05) is 6.08 Å². The molecule has 0 amide bonds. The number of aromatic nitrogens is 3. The largest absolute Gasteiger partial charge is 0.355 e. The maximum absolute atomic E-state index is 4.83. The van der Waals surface area contributed by atoms with Gasteiger partial charge in [-0.2, -0.15) is 0 Å². The Hall–Kier alpha value is -1.16. The van der Waals surface area contributed by atoms with Gasteiger partial charge in [-0.15, -0.1) is 40.8 Å². The summed E-state index contributed by atoms with van der Waals surface area (Å²) in [5.41, 5.74) is 0.0762. The van der Waals surface area contributed by atoms with E-state index < -0.39 is 0 Å². The van der Waals surface area contributed by atoms with Crippen LogP contribution in [0.25, 0.3) is 0 Å². The molecule has 0 unspecified atom stereocenters. The van der Waals surface area contributed by atoms with Crippen molar-refractivity contribution in [1.82, 2.24) is 30.3 Å². The molecule has 0 radical (unpaired) electrons. The van der Waals surface area contributed by atoms with Crippen molar-refractivity contribution in [3.8, 4) is 0 Å². The lowest BCUT2D eigenvalue weighted by Crippen LogP contribution is -2.49. The fourth-order valence-electron chi connectivity index (χ4n) is 3.25. The molecule has 1 aliphatic heterocycles. The molecule has 1 saturated heterocycles. The van der Waals surface area contributed by atoms with E-state index in [1.54, 1.807) is 6.33 Å². The number of halogens is 1. The topological polar surface area (TPSA) is 70.4 Å². The van der Waals surface area contributed by atoms with Crippen LogP contribution in [0.3, 0.4) is 0 Å². The van der Waals surface area contributed by atoms with Gasteiger partial charge in [0.25, 0.3) is 0 Å². The summed E-state index contributed by atoms with van der Waals surface area (Å²) >= 11 is 0. The number of nitrogens with zero attached hydrogens (tertiary/aromatic N) is 5. The van der Waals surface area contributed by atoms with Crippen LogP contribution in [-0.2, 0) is 13.0 Å². The first kappa shape index (κ1) is 23.9. The predicted octanol–water partition coefficient (Wildman–Crippen LogP) is 2.44. The van der Waals surface area contributed by atoms with E-state index in [1.165, 1.54) is 32.4 Å². The number of nitrogens with one attached hydrogen (secondary N) is 2. The van der Waals surface area contributed by atoms with E-state index in [0.29, 0.717) is 6.54 Å². The number of hydrogen-bond acceptors (Lipinski definition) is 4. The quantitative estimate of drug-likeness (QED) is 0.242. The first-order valence-electron chi connectivity index (χ1n) is 9.81. The van der Waals surface area contributed by atoms with E-state index in [9.17, 15) is 0 Å². The van der Waals surface area contributed by atoms with Gasteiger partial charge in [-0.1, -0.05) is 19.4 Å². The van der Waals surface area contributed by atoms with Gasteiger partial charge in [-0.25, -0.2) is 0 Å². The van der Waals surface area contributed by atoms with Crippen molar-refractivity contribution in [3.05, 3.63) is 24.8 Å². The van der Waals surface area contributed by atoms with Gasteiger partial charge in [0.05, 0.1) is 6.54 Å². The lowest BCUT2D eigenvalue weighted by Gasteiger charge is -2.40. The molecule has 1 aliphatic rings. The average molecular weight is 489 g/mol. The molecule has 1 fully saturated rings. The van der Waals surface area contributed by atoms with Crippen LogP contribution in [-0.4, -0.2) is 63.9 Å². The Morgan fingerprint density at radius 2 is 2.04 bits per heavy atom. The summed E-state index contributed by atoms with van der Waals surface area (Å²) in [6, 6.07) is 0. The molecular formula is C19H36IN7. The number of guanidine groups is 1. The maximum atomic E-state index is 4.83. The first-order chi connectivity index (χ1) is 12.6. The van der Waals surface area contributed by atoms with E-state index >= 15 is 0 Å². The zero-order valence-electron chi connectivity index (χ0n) is 17.1. The third kappa shape index (κ3) is 7.77. The zero-order valence-corrected chi connectivity index (χ0v) is 19.4. The molecule has 1 aromatic heterocycles. The minimum absolute atomic E-state index is 0. The van der Waals surface area contributed by atoms with Crippen LogP contribution >= 0.6 is 24.0 Å². The third-order valence-corrected chi connectivity index (χ3v) is 4.91. The molecule has 2 heterocycles. The SMILES string of the molecule is C=CCNC(=NCC(C)(C)N1CCCCC1)NCCn1cnnc1CC.I. The van der Waals surface area contributed by atoms with Crippen molar-refractivity contribution in [3.63, 3.8) is 0 Å². The van der Waals surface area contributed by atoms with Crippen molar-refractivity contribution >= 4 is 29.9 Å². The minimum atomic E-state index is 0. The lowest BCUT2D eigenvalue weighted by molar-refractivity contribution is 0.102. The van der Waals surface area contributed by atoms with Gasteiger partial charge in [-0.05, 0) is 39.8 Å². The fraction of sp³-hybridized carbons (Fsp3) is 0.737. The van der Waals surface area contributed by atoms with E-state index in [4.69, 9.17) is 4.99 Å². The van der Waals surface area contributed by atoms with Crippen molar-refractivity contribution < 1.29 is 0 Å². The highest BCUT2D eigenvalue weighted by Crippen LogP contribution is 2.20. The standard InChI is InChI=1S/C19H35N7.HI/c1-5-10-20-18(21-11-14-25-16-23-24-17(25)6-2)22-15-19(3,4)26-12-8-7-9-13-26;/h5,16H,1,6-15H2,2-4H3,(H2,20,21,22);1H. The van der Waals surface area contributed by atoms with E-state index in [-0.39, 0.29) is 29.5 Å². The molecule has 2 N–H and O–H groups in total. The highest BCUT2D eigenvalue weighted by atomic mass is 127. The lowest BCUT2D eigenvalue weighted by atomic mass is 9.99. The predicted molar refractivity (Wildman–Crippen MR) is 123 cm³/mol. The zero-order chi connectivity index (χ0) is 18.8. The Balaban J connectivity index is 0.00000364. The summed E-state index contributed by atoms with van der Waals surface area (Å²) in [4.78, 5) is 7.40. The molecule has 27 heavy (non-hydrogen) atoms. The van der Waals surface area contributed by atoms with Gasteiger partial charge in [0.2, 0.25) is 0 Å². The van der Waals surface area contributed by atoms with Gasteiger partial charge in [0.1, 0.15) is 12.2 Å². The van der Waals surface area contributed by atoms with Gasteiger partial charge < -0.3 is 15.2 Å². The molecule has 0 atom stereocenters. The Morgan fingerprint density at radius 3 is 2.70 bits per heavy atom. The molecule has 2 rings (SSSR count). The molecule has 154 valence electrons. The van der Waals surface area contributed by atoms with Gasteiger partial charge in [0.15, 0.2) is 5.96 Å². The summed E-state index contributed by atoms with van der Waals surface area (Å²) in [5, 5.41) is 14.8. The summed E-state index contributed by atoms with van der Waals surface area (Å²) < 4.78 is 2.08. The third-order valence-electron chi connectivity index (χ3n) is 4.91. The Bertz CT molecular complexity index is 576. The van der Waals surface area contributed by atoms with Crippen LogP contribution < -0.4 is 10.6 Å². The highest BCUT2D eigenvalue weighted by Gasteiger charge is 2.27. The molecule has 0 aromatic carbocycles. The molecule has 8 heteroatoms. The van der Waals surface area contributed by atoms with Crippen molar-refractivity contribution in [1.29, 1.82) is 0 Å². The molecule has 7 nitrogen and oxygen atoms in total. The van der Waals surface area contributed by atoms with Crippen molar-refractivity contribution in [2.75, 3.05) is 32.7 Å². The monoisotopic (exact) mass is 489 g/mol. The van der Waals surface area contributed by atoms with Gasteiger partial charge >= 0.3 is 0 Å². The van der Waals surface area contributed by atoms with Gasteiger partial charge in [0, 0.05) is 31.6 Å². The van der Waals surface area contributed by atoms with Crippen LogP contribution in [0, 0.1) is 0 Å². The molecule has 0 spiro atoms. The fourth-order valence-corrected chi connectivity index (χ4v) is 3.25. The second-order valence-corrected chi connectivity index (χ2v) is 7.42. The summed E-state index contributed by atoms with van der Waals surface area (Å²) in [6.45, 7) is 15.9. The minimum Gasteiger partial charge on any atom is -0.355 e. The number of likely N-dealkylation sites (tertiary alicyclic amines) is 1. The van der Waals surface area contributed by atoms with E-state index in [0.717, 1.165) is 37.8 Å². The second kappa shape index (κ2) is 12.3. The maximum Gasteiger partial charge on any atom is 0.191 e. The molecule has 1 aromatic rings. The van der Waals surface area contributed by atoms with Crippen LogP contribution in [0.5, 0.6) is 0 Å². The van der Waals surface area contributed by atoms with Crippen LogP contribution in [0.1, 0.15) is 45.9 Å². The number of piperidine rings is 1. The number of rotatable bonds is 9. The van der Waals surface area contributed by atoms with Crippen LogP contribution in [0.15, 0.2) is 24.0 Å². The summed E-state index contributed by atoms with van der Waals surface area (Å²) in [6.07, 6.45) is 8.47. The van der Waals surface area contributed by atoms with Crippen molar-refractivity contribution in [2.45, 2.75) is 58.5 Å². The number of hydrogen-bond donors (Lipinski definition) is 2. The highest BCUT2D eigenvalue weighted by molar-refractivity contribution is 14.0. The molecular weight excluding hydrogens is 453 g/mol. The smallest absolute Gasteiger partial charge is 0.191 e. The number of aliphatic imine (C=N–C) groups is 1. The molecule has 0 aliphatic carbocycles. The Kier molecular flexibility index (Phi) is 10.9. The summed E-state index contributed by atoms with van der Waals surface area (Å²) in [7, 11) is 0. The van der Waals surface area contributed by atoms with Crippen molar-refractivity contribution in [2.24, 2.45) is 4.99 Å². The Morgan fingerprint density at radius 1 is 1.30 bits per heavy atom. The van der Waals surface area contributed by atoms with Crippen LogP contribution in [0.2, 0.25) is 0 Å². The Labute approximate surface area is 181 Å². The first-order valence-corrected chi connectivity index (χ1v) is 9.81. The molecule has 0 bridgehead atoms. The molecule has 0 saturated carbocycles. The van der Waals surface area contributed by atoms with Gasteiger partial charge in [-0.3, -0.25) is 9.89 Å². The average Bonchev–Trinajstić information content (AvgIpc) is 3.11.